The maximum absolute atomic E-state index is 11.1. The van der Waals surface area contributed by atoms with Crippen LogP contribution in [0.2, 0.25) is 0 Å². The fourth-order valence-electron chi connectivity index (χ4n) is 1.13. The summed E-state index contributed by atoms with van der Waals surface area (Å²) in [6, 6.07) is -1.22. The summed E-state index contributed by atoms with van der Waals surface area (Å²) >= 11 is 0. The molecule has 0 spiro atoms. The SMILES string of the molecule is [NH-]CCC(=O)[N-]C(Cc1cnc[nH]1)C(=O)[O-].[Zn+2]. The van der Waals surface area contributed by atoms with Crippen molar-refractivity contribution in [3.63, 3.8) is 0 Å². The van der Waals surface area contributed by atoms with E-state index < -0.39 is 17.9 Å². The Balaban J connectivity index is 0.00000256. The Morgan fingerprint density at radius 2 is 2.29 bits per heavy atom. The first-order chi connectivity index (χ1) is 7.63. The first-order valence-corrected chi connectivity index (χ1v) is 4.70. The van der Waals surface area contributed by atoms with Gasteiger partial charge in [0.2, 0.25) is 0 Å². The Kier molecular flexibility index (Phi) is 7.33. The van der Waals surface area contributed by atoms with Gasteiger partial charge >= 0.3 is 19.5 Å². The standard InChI is InChI=1S/C9H13N4O3.Zn/c10-2-1-8(14)13-7(9(15)16)3-6-4-11-5-12-6;/h4-5,7,10H,1-3H2,(H3,11,12,13,14,15,16);/q-1;+2/p-2. The molecule has 2 N–H and O–H groups in total. The molecule has 0 bridgehead atoms. The van der Waals surface area contributed by atoms with Gasteiger partial charge in [0.1, 0.15) is 0 Å². The maximum Gasteiger partial charge on any atom is 2.00 e. The average molecular weight is 289 g/mol. The van der Waals surface area contributed by atoms with Crippen molar-refractivity contribution < 1.29 is 34.2 Å². The number of carboxylic acids is 1. The van der Waals surface area contributed by atoms with Crippen molar-refractivity contribution in [3.05, 3.63) is 29.3 Å². The van der Waals surface area contributed by atoms with Crippen LogP contribution in [0.25, 0.3) is 11.1 Å². The van der Waals surface area contributed by atoms with E-state index in [1.807, 2.05) is 0 Å². The van der Waals surface area contributed by atoms with Gasteiger partial charge in [-0.15, -0.1) is 6.54 Å². The smallest absolute Gasteiger partial charge is 0.677 e. The first kappa shape index (κ1) is 15.7. The molecule has 0 aliphatic rings. The number of aromatic nitrogens is 2. The number of aliphatic carboxylic acids is 1. The van der Waals surface area contributed by atoms with Crippen LogP contribution in [0.3, 0.4) is 0 Å². The van der Waals surface area contributed by atoms with Gasteiger partial charge in [0, 0.05) is 23.8 Å². The number of H-pyrrole nitrogens is 1. The van der Waals surface area contributed by atoms with E-state index >= 15 is 0 Å². The molecule has 0 aliphatic heterocycles. The molecule has 1 amide bonds. The van der Waals surface area contributed by atoms with Crippen LogP contribution in [0.1, 0.15) is 12.1 Å². The van der Waals surface area contributed by atoms with E-state index in [1.54, 1.807) is 0 Å². The molecule has 1 heterocycles. The van der Waals surface area contributed by atoms with E-state index in [0.29, 0.717) is 5.69 Å². The number of imidazole rings is 1. The van der Waals surface area contributed by atoms with Crippen LogP contribution in [-0.2, 0) is 35.5 Å². The van der Waals surface area contributed by atoms with E-state index in [9.17, 15) is 14.7 Å². The van der Waals surface area contributed by atoms with Crippen LogP contribution in [-0.4, -0.2) is 34.4 Å². The minimum Gasteiger partial charge on any atom is -0.677 e. The predicted octanol–water partition coefficient (Wildman–Crippen LogP) is -0.589. The number of hydrogen-bond acceptors (Lipinski definition) is 4. The number of amides is 1. The molecule has 1 atom stereocenters. The van der Waals surface area contributed by atoms with Crippen LogP contribution in [0.5, 0.6) is 0 Å². The van der Waals surface area contributed by atoms with Gasteiger partial charge in [-0.2, -0.15) is 0 Å². The van der Waals surface area contributed by atoms with Crippen LogP contribution >= 0.6 is 0 Å². The third-order valence-corrected chi connectivity index (χ3v) is 1.88. The van der Waals surface area contributed by atoms with Gasteiger partial charge in [-0.05, 0) is 12.8 Å². The van der Waals surface area contributed by atoms with Crippen LogP contribution in [0, 0.1) is 0 Å². The Bertz CT molecular complexity index is 355. The summed E-state index contributed by atoms with van der Waals surface area (Å²) in [5.74, 6) is -2.00. The summed E-state index contributed by atoms with van der Waals surface area (Å²) < 4.78 is 0. The Labute approximate surface area is 111 Å². The molecule has 1 aromatic rings. The number of hydrogen-bond donors (Lipinski definition) is 1. The molecular formula is C9H11N4O3Zn-. The van der Waals surface area contributed by atoms with Crippen molar-refractivity contribution in [1.82, 2.24) is 9.97 Å². The molecule has 88 valence electrons. The van der Waals surface area contributed by atoms with Crippen molar-refractivity contribution in [1.29, 1.82) is 0 Å². The van der Waals surface area contributed by atoms with Crippen molar-refractivity contribution in [3.8, 4) is 0 Å². The second-order valence-corrected chi connectivity index (χ2v) is 3.14. The zero-order valence-corrected chi connectivity index (χ0v) is 12.1. The van der Waals surface area contributed by atoms with E-state index in [0.717, 1.165) is 0 Å². The molecule has 0 radical (unpaired) electrons. The molecule has 0 aromatic carbocycles. The second-order valence-electron chi connectivity index (χ2n) is 3.14. The number of carbonyl (C=O) groups is 2. The minimum absolute atomic E-state index is 0. The topological polar surface area (TPSA) is 124 Å². The summed E-state index contributed by atoms with van der Waals surface area (Å²) in [7, 11) is 0. The average Bonchev–Trinajstić information content (AvgIpc) is 2.69. The number of nitrogens with one attached hydrogen (secondary N) is 2. The van der Waals surface area contributed by atoms with Gasteiger partial charge < -0.3 is 30.7 Å². The third kappa shape index (κ3) is 5.56. The van der Waals surface area contributed by atoms with E-state index in [1.165, 1.54) is 12.5 Å². The summed E-state index contributed by atoms with van der Waals surface area (Å²) in [6.45, 7) is -0.105. The molecule has 0 aliphatic carbocycles. The number of nitrogens with zero attached hydrogens (tertiary/aromatic N) is 2. The number of carbonyl (C=O) groups excluding carboxylic acids is 2. The van der Waals surface area contributed by atoms with Crippen LogP contribution in [0.4, 0.5) is 0 Å². The van der Waals surface area contributed by atoms with Crippen LogP contribution in [0.15, 0.2) is 12.5 Å². The Morgan fingerprint density at radius 1 is 1.59 bits per heavy atom. The van der Waals surface area contributed by atoms with Gasteiger partial charge in [-0.3, -0.25) is 0 Å². The maximum atomic E-state index is 11.1. The van der Waals surface area contributed by atoms with Gasteiger partial charge in [-0.1, -0.05) is 6.04 Å². The normalized spacial score (nSPS) is 11.4. The van der Waals surface area contributed by atoms with Gasteiger partial charge in [0.15, 0.2) is 0 Å². The van der Waals surface area contributed by atoms with Crippen molar-refractivity contribution in [2.75, 3.05) is 6.54 Å². The predicted molar refractivity (Wildman–Crippen MR) is 53.3 cm³/mol. The quantitative estimate of drug-likeness (QED) is 0.702. The van der Waals surface area contributed by atoms with Crippen molar-refractivity contribution in [2.45, 2.75) is 18.9 Å². The zero-order valence-electron chi connectivity index (χ0n) is 9.18. The number of aromatic amines is 1. The fourth-order valence-corrected chi connectivity index (χ4v) is 1.13. The van der Waals surface area contributed by atoms with E-state index in [4.69, 9.17) is 5.73 Å². The Morgan fingerprint density at radius 3 is 2.76 bits per heavy atom. The van der Waals surface area contributed by atoms with Gasteiger partial charge in [0.25, 0.3) is 0 Å². The molecule has 0 saturated heterocycles. The molecule has 1 unspecified atom stereocenters. The van der Waals surface area contributed by atoms with Crippen molar-refractivity contribution in [2.24, 2.45) is 0 Å². The van der Waals surface area contributed by atoms with Gasteiger partial charge in [-0.25, -0.2) is 4.98 Å². The molecule has 0 saturated carbocycles. The summed E-state index contributed by atoms with van der Waals surface area (Å²) in [5.41, 5.74) is 7.39. The summed E-state index contributed by atoms with van der Waals surface area (Å²) in [4.78, 5) is 28.3. The van der Waals surface area contributed by atoms with Crippen molar-refractivity contribution >= 4 is 11.9 Å². The largest absolute Gasteiger partial charge is 2.00 e. The molecule has 7 nitrogen and oxygen atoms in total. The van der Waals surface area contributed by atoms with E-state index in [2.05, 4.69) is 15.3 Å². The first-order valence-electron chi connectivity index (χ1n) is 4.70. The molecular weight excluding hydrogens is 278 g/mol. The zero-order chi connectivity index (χ0) is 12.0. The monoisotopic (exact) mass is 287 g/mol. The molecule has 8 heteroatoms. The summed E-state index contributed by atoms with van der Waals surface area (Å²) in [6.07, 6.45) is 2.83. The number of carboxylic acid groups (broad SMARTS) is 1. The second kappa shape index (κ2) is 7.92. The minimum atomic E-state index is -1.41. The van der Waals surface area contributed by atoms with Crippen LogP contribution < -0.4 is 5.11 Å². The molecule has 1 aromatic heterocycles. The number of rotatable bonds is 6. The fraction of sp³-hybridized carbons (Fsp3) is 0.444. The van der Waals surface area contributed by atoms with Gasteiger partial charge in [0.05, 0.1) is 6.33 Å². The molecule has 17 heavy (non-hydrogen) atoms. The molecule has 1 rings (SSSR count). The van der Waals surface area contributed by atoms with E-state index in [-0.39, 0.29) is 38.9 Å². The molecule has 0 fully saturated rings. The Hall–Kier alpha value is -1.27. The third-order valence-electron chi connectivity index (χ3n) is 1.88. The summed E-state index contributed by atoms with van der Waals surface area (Å²) in [5, 5.41) is 14.2.